The van der Waals surface area contributed by atoms with E-state index < -0.39 is 27.6 Å². The SMILES string of the molecule is O=C1NC(=O)C(Cc2ccc(OC[C@@H](O)c3cccc(F)c3)cc2)S1.O=S(=O)(O)O. The van der Waals surface area contributed by atoms with Crippen LogP contribution in [0.3, 0.4) is 0 Å². The quantitative estimate of drug-likeness (QED) is 0.477. The Morgan fingerprint density at radius 1 is 1.13 bits per heavy atom. The molecule has 0 spiro atoms. The first kappa shape index (κ1) is 23.8. The number of benzene rings is 2. The minimum absolute atomic E-state index is 0.00180. The van der Waals surface area contributed by atoms with E-state index in [4.69, 9.17) is 22.3 Å². The fourth-order valence-corrected chi connectivity index (χ4v) is 3.31. The molecule has 0 radical (unpaired) electrons. The van der Waals surface area contributed by atoms with Gasteiger partial charge in [0.05, 0.1) is 5.25 Å². The molecule has 4 N–H and O–H groups in total. The molecular weight excluding hydrogens is 441 g/mol. The average Bonchev–Trinajstić information content (AvgIpc) is 2.96. The van der Waals surface area contributed by atoms with E-state index in [1.54, 1.807) is 30.3 Å². The Balaban J connectivity index is 0.000000575. The van der Waals surface area contributed by atoms with Gasteiger partial charge in [0.15, 0.2) is 0 Å². The molecule has 0 aliphatic carbocycles. The molecule has 1 heterocycles. The van der Waals surface area contributed by atoms with Gasteiger partial charge in [-0.05, 0) is 41.8 Å². The van der Waals surface area contributed by atoms with Gasteiger partial charge in [0.2, 0.25) is 5.91 Å². The topological polar surface area (TPSA) is 150 Å². The van der Waals surface area contributed by atoms with Crippen molar-refractivity contribution in [2.75, 3.05) is 6.61 Å². The summed E-state index contributed by atoms with van der Waals surface area (Å²) in [5.74, 6) is -0.124. The van der Waals surface area contributed by atoms with Gasteiger partial charge in [-0.1, -0.05) is 36.0 Å². The Kier molecular flexibility index (Phi) is 8.32. The summed E-state index contributed by atoms with van der Waals surface area (Å²) in [6.07, 6.45) is -0.478. The molecule has 1 fully saturated rings. The minimum atomic E-state index is -4.67. The third-order valence-corrected chi connectivity index (χ3v) is 4.73. The van der Waals surface area contributed by atoms with Gasteiger partial charge in [-0.15, -0.1) is 0 Å². The van der Waals surface area contributed by atoms with Gasteiger partial charge in [0.1, 0.15) is 24.3 Å². The number of carbonyl (C=O) groups excluding carboxylic acids is 2. The number of aliphatic hydroxyl groups excluding tert-OH is 1. The van der Waals surface area contributed by atoms with Gasteiger partial charge in [-0.2, -0.15) is 8.42 Å². The summed E-state index contributed by atoms with van der Waals surface area (Å²) in [5, 5.41) is 11.6. The minimum Gasteiger partial charge on any atom is -0.491 e. The molecule has 1 aliphatic rings. The normalized spacial score (nSPS) is 17.0. The van der Waals surface area contributed by atoms with Crippen LogP contribution in [0, 0.1) is 5.82 Å². The van der Waals surface area contributed by atoms with Crippen molar-refractivity contribution in [3.05, 3.63) is 65.5 Å². The van der Waals surface area contributed by atoms with E-state index in [-0.39, 0.29) is 17.8 Å². The second-order valence-corrected chi connectivity index (χ2v) is 8.13. The Morgan fingerprint density at radius 3 is 2.30 bits per heavy atom. The first-order valence-electron chi connectivity index (χ1n) is 8.38. The van der Waals surface area contributed by atoms with Crippen molar-refractivity contribution in [1.29, 1.82) is 0 Å². The summed E-state index contributed by atoms with van der Waals surface area (Å²) in [5.41, 5.74) is 1.35. The number of carbonyl (C=O) groups is 2. The number of ether oxygens (including phenoxy) is 1. The number of halogens is 1. The van der Waals surface area contributed by atoms with Gasteiger partial charge in [0.25, 0.3) is 5.24 Å². The van der Waals surface area contributed by atoms with Crippen LogP contribution < -0.4 is 10.1 Å². The third kappa shape index (κ3) is 8.47. The molecule has 3 rings (SSSR count). The molecule has 2 atom stereocenters. The van der Waals surface area contributed by atoms with Crippen molar-refractivity contribution < 1.29 is 41.3 Å². The van der Waals surface area contributed by atoms with Crippen LogP contribution in [0.5, 0.6) is 5.75 Å². The Labute approximate surface area is 175 Å². The molecule has 0 aromatic heterocycles. The molecule has 2 aromatic rings. The van der Waals surface area contributed by atoms with Crippen LogP contribution in [0.25, 0.3) is 0 Å². The molecule has 2 amide bonds. The Morgan fingerprint density at radius 2 is 1.77 bits per heavy atom. The predicted molar refractivity (Wildman–Crippen MR) is 106 cm³/mol. The smallest absolute Gasteiger partial charge is 0.394 e. The van der Waals surface area contributed by atoms with Crippen LogP contribution in [-0.4, -0.2) is 45.6 Å². The van der Waals surface area contributed by atoms with Crippen LogP contribution >= 0.6 is 11.8 Å². The maximum atomic E-state index is 13.2. The second kappa shape index (κ2) is 10.5. The molecule has 0 saturated carbocycles. The van der Waals surface area contributed by atoms with Crippen LogP contribution in [-0.2, 0) is 21.6 Å². The number of aliphatic hydroxyl groups is 1. The number of rotatable bonds is 6. The maximum Gasteiger partial charge on any atom is 0.394 e. The van der Waals surface area contributed by atoms with Crippen LogP contribution in [0.4, 0.5) is 9.18 Å². The summed E-state index contributed by atoms with van der Waals surface area (Å²) in [6, 6.07) is 12.8. The number of hydrogen-bond acceptors (Lipinski definition) is 7. The standard InChI is InChI=1S/C18H16FNO4S.H2O4S/c19-13-3-1-2-12(9-13)15(21)10-24-14-6-4-11(5-7-14)8-16-17(22)20-18(23)25-16;1-5(2,3)4/h1-7,9,15-16,21H,8,10H2,(H,20,22,23);(H2,1,2,3,4)/t15-,16?;/m1./s1. The summed E-state index contributed by atoms with van der Waals surface area (Å²) in [7, 11) is -4.67. The van der Waals surface area contributed by atoms with E-state index >= 15 is 0 Å². The largest absolute Gasteiger partial charge is 0.491 e. The molecule has 9 nitrogen and oxygen atoms in total. The molecule has 30 heavy (non-hydrogen) atoms. The average molecular weight is 459 g/mol. The molecular formula is C18H18FNO8S2. The van der Waals surface area contributed by atoms with Crippen molar-refractivity contribution in [3.63, 3.8) is 0 Å². The highest BCUT2D eigenvalue weighted by Crippen LogP contribution is 2.24. The van der Waals surface area contributed by atoms with Crippen LogP contribution in [0.15, 0.2) is 48.5 Å². The van der Waals surface area contributed by atoms with E-state index in [2.05, 4.69) is 5.32 Å². The van der Waals surface area contributed by atoms with Gasteiger partial charge in [0, 0.05) is 0 Å². The zero-order valence-electron chi connectivity index (χ0n) is 15.3. The lowest BCUT2D eigenvalue weighted by molar-refractivity contribution is -0.118. The van der Waals surface area contributed by atoms with Crippen molar-refractivity contribution in [3.8, 4) is 5.75 Å². The summed E-state index contributed by atoms with van der Waals surface area (Å²) in [4.78, 5) is 22.7. The zero-order chi connectivity index (χ0) is 22.3. The van der Waals surface area contributed by atoms with Crippen molar-refractivity contribution >= 4 is 33.3 Å². The second-order valence-electron chi connectivity index (χ2n) is 6.06. The predicted octanol–water partition coefficient (Wildman–Crippen LogP) is 2.18. The molecule has 0 bridgehead atoms. The lowest BCUT2D eigenvalue weighted by Gasteiger charge is -2.13. The first-order chi connectivity index (χ1) is 14.0. The van der Waals surface area contributed by atoms with Gasteiger partial charge < -0.3 is 9.84 Å². The van der Waals surface area contributed by atoms with Crippen LogP contribution in [0.2, 0.25) is 0 Å². The van der Waals surface area contributed by atoms with Crippen molar-refractivity contribution in [2.45, 2.75) is 17.8 Å². The Bertz CT molecular complexity index is 990. The van der Waals surface area contributed by atoms with E-state index in [1.807, 2.05) is 0 Å². The summed E-state index contributed by atoms with van der Waals surface area (Å²) >= 11 is 0.991. The van der Waals surface area contributed by atoms with Gasteiger partial charge in [-0.25, -0.2) is 4.39 Å². The molecule has 2 aromatic carbocycles. The molecule has 1 saturated heterocycles. The maximum absolute atomic E-state index is 13.2. The number of nitrogens with one attached hydrogen (secondary N) is 1. The van der Waals surface area contributed by atoms with Crippen molar-refractivity contribution in [2.24, 2.45) is 0 Å². The lowest BCUT2D eigenvalue weighted by atomic mass is 10.1. The van der Waals surface area contributed by atoms with Crippen molar-refractivity contribution in [1.82, 2.24) is 5.32 Å². The monoisotopic (exact) mass is 459 g/mol. The number of imide groups is 1. The van der Waals surface area contributed by atoms with Crippen LogP contribution in [0.1, 0.15) is 17.2 Å². The molecule has 12 heteroatoms. The van der Waals surface area contributed by atoms with Gasteiger partial charge in [-0.3, -0.25) is 24.0 Å². The highest BCUT2D eigenvalue weighted by atomic mass is 32.3. The molecule has 1 unspecified atom stereocenters. The summed E-state index contributed by atoms with van der Waals surface area (Å²) < 4.78 is 50.2. The number of amides is 2. The number of thioether (sulfide) groups is 1. The van der Waals surface area contributed by atoms with E-state index in [0.29, 0.717) is 17.7 Å². The fourth-order valence-electron chi connectivity index (χ4n) is 2.45. The first-order valence-corrected chi connectivity index (χ1v) is 10.7. The Hall–Kier alpha value is -2.51. The van der Waals surface area contributed by atoms with Gasteiger partial charge >= 0.3 is 10.4 Å². The summed E-state index contributed by atoms with van der Waals surface area (Å²) in [6.45, 7) is -0.00180. The highest BCUT2D eigenvalue weighted by Gasteiger charge is 2.31. The fraction of sp³-hybridized carbons (Fsp3) is 0.222. The highest BCUT2D eigenvalue weighted by molar-refractivity contribution is 8.15. The van der Waals surface area contributed by atoms with E-state index in [0.717, 1.165) is 17.3 Å². The van der Waals surface area contributed by atoms with E-state index in [1.165, 1.54) is 18.2 Å². The third-order valence-electron chi connectivity index (χ3n) is 3.75. The molecule has 162 valence electrons. The molecule has 1 aliphatic heterocycles. The number of hydrogen-bond donors (Lipinski definition) is 4. The zero-order valence-corrected chi connectivity index (χ0v) is 16.9. The lowest BCUT2D eigenvalue weighted by Crippen LogP contribution is -2.25. The van der Waals surface area contributed by atoms with E-state index in [9.17, 15) is 19.1 Å².